The Labute approximate surface area is 134 Å². The zero-order valence-electron chi connectivity index (χ0n) is 13.2. The first-order chi connectivity index (χ1) is 11.1. The minimum absolute atomic E-state index is 0.108. The number of non-ortho nitro benzene ring substituents is 1. The van der Waals surface area contributed by atoms with Gasteiger partial charge in [0.1, 0.15) is 0 Å². The lowest BCUT2D eigenvalue weighted by atomic mass is 10.0. The van der Waals surface area contributed by atoms with E-state index < -0.39 is 0 Å². The Morgan fingerprint density at radius 1 is 1.17 bits per heavy atom. The molecule has 118 valence electrons. The van der Waals surface area contributed by atoms with Crippen molar-refractivity contribution in [1.82, 2.24) is 10.3 Å². The van der Waals surface area contributed by atoms with Gasteiger partial charge in [0.15, 0.2) is 0 Å². The van der Waals surface area contributed by atoms with Gasteiger partial charge in [-0.05, 0) is 11.6 Å². The third-order valence-corrected chi connectivity index (χ3v) is 3.82. The van der Waals surface area contributed by atoms with Crippen LogP contribution in [-0.2, 0) is 6.54 Å². The molecule has 23 heavy (non-hydrogen) atoms. The molecule has 0 aliphatic rings. The zero-order chi connectivity index (χ0) is 16.4. The number of H-pyrrole nitrogens is 1. The Kier molecular flexibility index (Phi) is 4.12. The monoisotopic (exact) mass is 309 g/mol. The molecule has 5 nitrogen and oxygen atoms in total. The van der Waals surface area contributed by atoms with Crippen molar-refractivity contribution in [3.8, 4) is 11.1 Å². The van der Waals surface area contributed by atoms with E-state index in [1.54, 1.807) is 12.1 Å². The highest BCUT2D eigenvalue weighted by Gasteiger charge is 2.16. The van der Waals surface area contributed by atoms with Crippen molar-refractivity contribution >= 4 is 16.6 Å². The van der Waals surface area contributed by atoms with Crippen molar-refractivity contribution in [3.05, 3.63) is 64.3 Å². The minimum Gasteiger partial charge on any atom is -0.357 e. The maximum atomic E-state index is 11.1. The van der Waals surface area contributed by atoms with E-state index in [1.807, 2.05) is 30.3 Å². The van der Waals surface area contributed by atoms with E-state index in [0.717, 1.165) is 27.7 Å². The molecule has 5 heteroatoms. The van der Waals surface area contributed by atoms with E-state index in [2.05, 4.69) is 24.1 Å². The molecule has 0 aliphatic carbocycles. The highest BCUT2D eigenvalue weighted by atomic mass is 16.6. The number of nitro groups is 1. The Morgan fingerprint density at radius 2 is 1.91 bits per heavy atom. The van der Waals surface area contributed by atoms with Gasteiger partial charge in [-0.3, -0.25) is 10.1 Å². The number of rotatable bonds is 5. The summed E-state index contributed by atoms with van der Waals surface area (Å²) in [6, 6.07) is 15.3. The second-order valence-electron chi connectivity index (χ2n) is 5.87. The molecule has 0 radical (unpaired) electrons. The molecule has 0 aliphatic heterocycles. The summed E-state index contributed by atoms with van der Waals surface area (Å²) in [5, 5.41) is 15.4. The van der Waals surface area contributed by atoms with Crippen LogP contribution in [0.2, 0.25) is 0 Å². The summed E-state index contributed by atoms with van der Waals surface area (Å²) in [5.74, 6) is 0. The molecule has 2 aromatic carbocycles. The van der Waals surface area contributed by atoms with Crippen molar-refractivity contribution in [2.45, 2.75) is 26.4 Å². The molecule has 3 aromatic rings. The van der Waals surface area contributed by atoms with Crippen LogP contribution in [0.4, 0.5) is 5.69 Å². The molecule has 3 rings (SSSR count). The molecule has 0 fully saturated rings. The lowest BCUT2D eigenvalue weighted by Gasteiger charge is -2.09. The highest BCUT2D eigenvalue weighted by molar-refractivity contribution is 5.98. The van der Waals surface area contributed by atoms with Gasteiger partial charge in [-0.25, -0.2) is 0 Å². The summed E-state index contributed by atoms with van der Waals surface area (Å²) in [5.41, 5.74) is 4.14. The third-order valence-electron chi connectivity index (χ3n) is 3.82. The van der Waals surface area contributed by atoms with Crippen molar-refractivity contribution in [2.24, 2.45) is 0 Å². The van der Waals surface area contributed by atoms with Crippen molar-refractivity contribution in [3.63, 3.8) is 0 Å². The molecule has 1 heterocycles. The third kappa shape index (κ3) is 3.10. The molecule has 0 amide bonds. The Hall–Kier alpha value is -2.66. The molecular weight excluding hydrogens is 290 g/mol. The lowest BCUT2D eigenvalue weighted by Crippen LogP contribution is -2.22. The van der Waals surface area contributed by atoms with E-state index in [4.69, 9.17) is 0 Å². The topological polar surface area (TPSA) is 71.0 Å². The SMILES string of the molecule is CC(C)NCc1[nH]c2ccc([N+](=O)[O-])cc2c1-c1ccccc1. The summed E-state index contributed by atoms with van der Waals surface area (Å²) in [7, 11) is 0. The van der Waals surface area contributed by atoms with Crippen molar-refractivity contribution in [2.75, 3.05) is 0 Å². The Bertz CT molecular complexity index is 838. The first-order valence-corrected chi connectivity index (χ1v) is 7.64. The summed E-state index contributed by atoms with van der Waals surface area (Å²) >= 11 is 0. The predicted molar refractivity (Wildman–Crippen MR) is 92.4 cm³/mol. The number of benzene rings is 2. The molecule has 0 spiro atoms. The number of aromatic nitrogens is 1. The van der Waals surface area contributed by atoms with E-state index in [-0.39, 0.29) is 10.6 Å². The van der Waals surface area contributed by atoms with Crippen LogP contribution in [0, 0.1) is 10.1 Å². The zero-order valence-corrected chi connectivity index (χ0v) is 13.2. The van der Waals surface area contributed by atoms with Crippen molar-refractivity contribution in [1.29, 1.82) is 0 Å². The van der Waals surface area contributed by atoms with Crippen LogP contribution in [0.3, 0.4) is 0 Å². The van der Waals surface area contributed by atoms with Gasteiger partial charge in [-0.2, -0.15) is 0 Å². The van der Waals surface area contributed by atoms with Gasteiger partial charge >= 0.3 is 0 Å². The molecule has 0 saturated heterocycles. The maximum absolute atomic E-state index is 11.1. The number of hydrogen-bond acceptors (Lipinski definition) is 3. The van der Waals surface area contributed by atoms with E-state index >= 15 is 0 Å². The minimum atomic E-state index is -0.354. The Morgan fingerprint density at radius 3 is 2.57 bits per heavy atom. The Balaban J connectivity index is 2.19. The largest absolute Gasteiger partial charge is 0.357 e. The summed E-state index contributed by atoms with van der Waals surface area (Å²) in [4.78, 5) is 14.1. The fourth-order valence-electron chi connectivity index (χ4n) is 2.72. The van der Waals surface area contributed by atoms with Gasteiger partial charge < -0.3 is 10.3 Å². The predicted octanol–water partition coefficient (Wildman–Crippen LogP) is 4.24. The smallest absolute Gasteiger partial charge is 0.270 e. The normalized spacial score (nSPS) is 11.3. The van der Waals surface area contributed by atoms with Gasteiger partial charge in [0.25, 0.3) is 5.69 Å². The van der Waals surface area contributed by atoms with Crippen LogP contribution in [-0.4, -0.2) is 15.9 Å². The number of nitrogens with one attached hydrogen (secondary N) is 2. The summed E-state index contributed by atoms with van der Waals surface area (Å²) in [6.07, 6.45) is 0. The number of aromatic amines is 1. The van der Waals surface area contributed by atoms with Crippen LogP contribution in [0.5, 0.6) is 0 Å². The van der Waals surface area contributed by atoms with Crippen molar-refractivity contribution < 1.29 is 4.92 Å². The van der Waals surface area contributed by atoms with Crippen LogP contribution >= 0.6 is 0 Å². The summed E-state index contributed by atoms with van der Waals surface area (Å²) < 4.78 is 0. The van der Waals surface area contributed by atoms with Crippen LogP contribution < -0.4 is 5.32 Å². The molecule has 0 bridgehead atoms. The highest BCUT2D eigenvalue weighted by Crippen LogP contribution is 2.34. The van der Waals surface area contributed by atoms with E-state index in [0.29, 0.717) is 12.6 Å². The number of nitrogens with zero attached hydrogens (tertiary/aromatic N) is 1. The molecule has 0 unspecified atom stereocenters. The van der Waals surface area contributed by atoms with Gasteiger partial charge in [-0.1, -0.05) is 44.2 Å². The fourth-order valence-corrected chi connectivity index (χ4v) is 2.72. The number of hydrogen-bond donors (Lipinski definition) is 2. The van der Waals surface area contributed by atoms with Crippen LogP contribution in [0.1, 0.15) is 19.5 Å². The first kappa shape index (κ1) is 15.2. The summed E-state index contributed by atoms with van der Waals surface area (Å²) in [6.45, 7) is 4.87. The van der Waals surface area contributed by atoms with Crippen LogP contribution in [0.25, 0.3) is 22.0 Å². The second kappa shape index (κ2) is 6.22. The second-order valence-corrected chi connectivity index (χ2v) is 5.87. The van der Waals surface area contributed by atoms with Gasteiger partial charge in [0.05, 0.1) is 4.92 Å². The standard InChI is InChI=1S/C18H19N3O2/c1-12(2)19-11-17-18(13-6-4-3-5-7-13)15-10-14(21(22)23)8-9-16(15)20-17/h3-10,12,19-20H,11H2,1-2H3. The average Bonchev–Trinajstić information content (AvgIpc) is 2.91. The number of fused-ring (bicyclic) bond motifs is 1. The van der Waals surface area contributed by atoms with Gasteiger partial charge in [-0.15, -0.1) is 0 Å². The molecule has 0 atom stereocenters. The van der Waals surface area contributed by atoms with Crippen LogP contribution in [0.15, 0.2) is 48.5 Å². The molecular formula is C18H19N3O2. The van der Waals surface area contributed by atoms with E-state index in [9.17, 15) is 10.1 Å². The quantitative estimate of drug-likeness (QED) is 0.547. The molecule has 2 N–H and O–H groups in total. The fraction of sp³-hybridized carbons (Fsp3) is 0.222. The maximum Gasteiger partial charge on any atom is 0.270 e. The van der Waals surface area contributed by atoms with Gasteiger partial charge in [0, 0.05) is 46.9 Å². The first-order valence-electron chi connectivity index (χ1n) is 7.64. The average molecular weight is 309 g/mol. The lowest BCUT2D eigenvalue weighted by molar-refractivity contribution is -0.384. The molecule has 1 aromatic heterocycles. The number of nitro benzene ring substituents is 1. The molecule has 0 saturated carbocycles. The van der Waals surface area contributed by atoms with E-state index in [1.165, 1.54) is 6.07 Å². The van der Waals surface area contributed by atoms with Gasteiger partial charge in [0.2, 0.25) is 0 Å².